The number of pyridine rings is 1. The minimum Gasteiger partial charge on any atom is -0.396 e. The van der Waals surface area contributed by atoms with Crippen molar-refractivity contribution in [1.29, 1.82) is 0 Å². The number of imidazole rings is 1. The van der Waals surface area contributed by atoms with E-state index in [-0.39, 0.29) is 0 Å². The van der Waals surface area contributed by atoms with Gasteiger partial charge in [0.2, 0.25) is 0 Å². The van der Waals surface area contributed by atoms with Gasteiger partial charge >= 0.3 is 6.03 Å². The molecule has 0 atom stereocenters. The Morgan fingerprint density at radius 3 is 2.86 bits per heavy atom. The summed E-state index contributed by atoms with van der Waals surface area (Å²) in [6.45, 7) is 7.22. The first-order valence-electron chi connectivity index (χ1n) is 11.9. The van der Waals surface area contributed by atoms with Gasteiger partial charge in [-0.1, -0.05) is 24.2 Å². The van der Waals surface area contributed by atoms with Crippen molar-refractivity contribution >= 4 is 23.1 Å². The standard InChI is InChI=1S/C25H33F2N7O2/c1-3-33(12-9-28)10-5-13-36-32-18(2)19-8-11-34-22(16-29-24(34)15-19)20-6-4-7-21(14-20)31-25(35)30-17-23(26)27/h4,6-8,11,14-16,23H,3,5,9-10,12-13,17,28H2,1-2H3,(H2,30,31,35)/b32-18+. The minimum atomic E-state index is -2.61. The number of rotatable bonds is 13. The number of anilines is 1. The molecule has 2 amide bonds. The molecule has 0 unspecified atom stereocenters. The van der Waals surface area contributed by atoms with E-state index >= 15 is 0 Å². The van der Waals surface area contributed by atoms with Gasteiger partial charge in [-0.3, -0.25) is 4.40 Å². The van der Waals surface area contributed by atoms with E-state index in [4.69, 9.17) is 10.6 Å². The highest BCUT2D eigenvalue weighted by molar-refractivity contribution is 5.99. The fourth-order valence-electron chi connectivity index (χ4n) is 3.68. The third-order valence-corrected chi connectivity index (χ3v) is 5.57. The smallest absolute Gasteiger partial charge is 0.319 e. The molecular formula is C25H33F2N7O2. The van der Waals surface area contributed by atoms with E-state index < -0.39 is 19.0 Å². The number of nitrogens with two attached hydrogens (primary N) is 1. The predicted molar refractivity (Wildman–Crippen MR) is 138 cm³/mol. The second-order valence-corrected chi connectivity index (χ2v) is 8.18. The van der Waals surface area contributed by atoms with Crippen molar-refractivity contribution in [1.82, 2.24) is 19.6 Å². The SMILES string of the molecule is CCN(CCN)CCCO/N=C(\C)c1ccn2c(-c3cccc(NC(=O)NCC(F)F)c3)cnc2c1. The van der Waals surface area contributed by atoms with Gasteiger partial charge in [0.05, 0.1) is 24.1 Å². The summed E-state index contributed by atoms with van der Waals surface area (Å²) in [5, 5.41) is 8.93. The van der Waals surface area contributed by atoms with Crippen LogP contribution in [-0.4, -0.2) is 71.8 Å². The van der Waals surface area contributed by atoms with E-state index in [2.05, 4.69) is 32.6 Å². The molecule has 0 spiro atoms. The van der Waals surface area contributed by atoms with Crippen LogP contribution in [0.3, 0.4) is 0 Å². The molecule has 0 saturated carbocycles. The molecule has 194 valence electrons. The Morgan fingerprint density at radius 1 is 1.28 bits per heavy atom. The van der Waals surface area contributed by atoms with E-state index in [1.807, 2.05) is 35.7 Å². The third kappa shape index (κ3) is 7.72. The molecule has 2 heterocycles. The number of nitrogens with one attached hydrogen (secondary N) is 2. The zero-order valence-corrected chi connectivity index (χ0v) is 20.6. The van der Waals surface area contributed by atoms with E-state index in [1.54, 1.807) is 24.4 Å². The lowest BCUT2D eigenvalue weighted by atomic mass is 10.1. The molecule has 0 aliphatic rings. The Balaban J connectivity index is 1.64. The van der Waals surface area contributed by atoms with E-state index in [1.165, 1.54) is 0 Å². The highest BCUT2D eigenvalue weighted by Gasteiger charge is 2.11. The molecule has 3 rings (SSSR count). The average Bonchev–Trinajstić information content (AvgIpc) is 3.30. The van der Waals surface area contributed by atoms with Crippen molar-refractivity contribution in [2.45, 2.75) is 26.7 Å². The van der Waals surface area contributed by atoms with Gasteiger partial charge in [0.25, 0.3) is 6.43 Å². The van der Waals surface area contributed by atoms with Gasteiger partial charge in [0.1, 0.15) is 12.3 Å². The predicted octanol–water partition coefficient (Wildman–Crippen LogP) is 3.80. The lowest BCUT2D eigenvalue weighted by Gasteiger charge is -2.18. The summed E-state index contributed by atoms with van der Waals surface area (Å²) in [5.74, 6) is 0. The van der Waals surface area contributed by atoms with Crippen LogP contribution >= 0.6 is 0 Å². The highest BCUT2D eigenvalue weighted by Crippen LogP contribution is 2.24. The van der Waals surface area contributed by atoms with Crippen LogP contribution < -0.4 is 16.4 Å². The lowest BCUT2D eigenvalue weighted by Crippen LogP contribution is -2.32. The number of carbonyl (C=O) groups excluding carboxylic acids is 1. The normalized spacial score (nSPS) is 11.9. The van der Waals surface area contributed by atoms with Crippen LogP contribution in [0, 0.1) is 0 Å². The van der Waals surface area contributed by atoms with Gasteiger partial charge in [0, 0.05) is 42.6 Å². The first-order valence-corrected chi connectivity index (χ1v) is 11.9. The summed E-state index contributed by atoms with van der Waals surface area (Å²) in [4.78, 5) is 24.1. The number of aromatic nitrogens is 2. The Morgan fingerprint density at radius 2 is 2.11 bits per heavy atom. The molecule has 0 aliphatic heterocycles. The number of hydrogen-bond donors (Lipinski definition) is 3. The lowest BCUT2D eigenvalue weighted by molar-refractivity contribution is 0.130. The summed E-state index contributed by atoms with van der Waals surface area (Å²) in [6.07, 6.45) is 1.89. The molecule has 2 aromatic heterocycles. The Hall–Kier alpha value is -3.57. The first kappa shape index (κ1) is 27.0. The van der Waals surface area contributed by atoms with Crippen LogP contribution in [-0.2, 0) is 4.84 Å². The number of likely N-dealkylation sites (N-methyl/N-ethyl adjacent to an activating group) is 1. The Labute approximate surface area is 209 Å². The molecule has 9 nitrogen and oxygen atoms in total. The maximum absolute atomic E-state index is 12.3. The maximum Gasteiger partial charge on any atom is 0.319 e. The van der Waals surface area contributed by atoms with E-state index in [9.17, 15) is 13.6 Å². The van der Waals surface area contributed by atoms with E-state index in [0.29, 0.717) is 18.8 Å². The molecule has 0 radical (unpaired) electrons. The molecule has 0 aliphatic carbocycles. The minimum absolute atomic E-state index is 0.482. The number of hydrogen-bond acceptors (Lipinski definition) is 6. The highest BCUT2D eigenvalue weighted by atomic mass is 19.3. The molecule has 3 aromatic rings. The summed E-state index contributed by atoms with van der Waals surface area (Å²) in [7, 11) is 0. The number of carbonyl (C=O) groups is 1. The third-order valence-electron chi connectivity index (χ3n) is 5.57. The van der Waals surface area contributed by atoms with E-state index in [0.717, 1.165) is 54.2 Å². The number of halogens is 2. The second kappa shape index (κ2) is 13.5. The number of alkyl halides is 2. The van der Waals surface area contributed by atoms with Gasteiger partial charge in [-0.2, -0.15) is 0 Å². The Kier molecular flexibility index (Phi) is 10.1. The number of amides is 2. The van der Waals surface area contributed by atoms with Gasteiger partial charge in [0.15, 0.2) is 0 Å². The number of benzene rings is 1. The summed E-state index contributed by atoms with van der Waals surface area (Å²) >= 11 is 0. The number of fused-ring (bicyclic) bond motifs is 1. The van der Waals surface area contributed by atoms with Gasteiger partial charge in [-0.05, 0) is 44.2 Å². The van der Waals surface area contributed by atoms with Gasteiger partial charge in [-0.15, -0.1) is 0 Å². The number of urea groups is 1. The fraction of sp³-hybridized carbons (Fsp3) is 0.400. The van der Waals surface area contributed by atoms with Crippen LogP contribution in [0.4, 0.5) is 19.3 Å². The monoisotopic (exact) mass is 501 g/mol. The van der Waals surface area contributed by atoms with Crippen molar-refractivity contribution in [2.24, 2.45) is 10.9 Å². The fourth-order valence-corrected chi connectivity index (χ4v) is 3.68. The van der Waals surface area contributed by atoms with Crippen LogP contribution in [0.5, 0.6) is 0 Å². The zero-order chi connectivity index (χ0) is 25.9. The van der Waals surface area contributed by atoms with Crippen molar-refractivity contribution < 1.29 is 18.4 Å². The largest absolute Gasteiger partial charge is 0.396 e. The molecule has 4 N–H and O–H groups in total. The van der Waals surface area contributed by atoms with Crippen molar-refractivity contribution in [3.05, 3.63) is 54.4 Å². The molecule has 0 saturated heterocycles. The van der Waals surface area contributed by atoms with Gasteiger partial charge < -0.3 is 26.1 Å². The Bertz CT molecular complexity index is 1170. The molecule has 1 aromatic carbocycles. The summed E-state index contributed by atoms with van der Waals surface area (Å²) in [5.41, 5.74) is 10.1. The maximum atomic E-state index is 12.3. The first-order chi connectivity index (χ1) is 17.4. The molecule has 0 bridgehead atoms. The number of oxime groups is 1. The average molecular weight is 502 g/mol. The quantitative estimate of drug-likeness (QED) is 0.188. The van der Waals surface area contributed by atoms with Crippen molar-refractivity contribution in [3.8, 4) is 11.3 Å². The summed E-state index contributed by atoms with van der Waals surface area (Å²) in [6, 6.07) is 10.3. The number of nitrogens with zero attached hydrogens (tertiary/aromatic N) is 4. The topological polar surface area (TPSA) is 109 Å². The van der Waals surface area contributed by atoms with Crippen LogP contribution in [0.2, 0.25) is 0 Å². The van der Waals surface area contributed by atoms with Crippen LogP contribution in [0.25, 0.3) is 16.9 Å². The van der Waals surface area contributed by atoms with Crippen LogP contribution in [0.1, 0.15) is 25.8 Å². The van der Waals surface area contributed by atoms with Gasteiger partial charge in [-0.25, -0.2) is 18.6 Å². The molecular weight excluding hydrogens is 468 g/mol. The molecule has 0 fully saturated rings. The van der Waals surface area contributed by atoms with Crippen molar-refractivity contribution in [3.63, 3.8) is 0 Å². The van der Waals surface area contributed by atoms with Crippen LogP contribution in [0.15, 0.2) is 53.9 Å². The second-order valence-electron chi connectivity index (χ2n) is 8.18. The molecule has 11 heteroatoms. The summed E-state index contributed by atoms with van der Waals surface area (Å²) < 4.78 is 26.5. The van der Waals surface area contributed by atoms with Crippen molar-refractivity contribution in [2.75, 3.05) is 44.6 Å². The molecule has 36 heavy (non-hydrogen) atoms. The zero-order valence-electron chi connectivity index (χ0n) is 20.6.